The lowest BCUT2D eigenvalue weighted by molar-refractivity contribution is 0.339. The van der Waals surface area contributed by atoms with Crippen molar-refractivity contribution < 1.29 is 9.47 Å². The van der Waals surface area contributed by atoms with Crippen molar-refractivity contribution in [3.8, 4) is 17.4 Å². The zero-order valence-corrected chi connectivity index (χ0v) is 12.2. The molecule has 0 unspecified atom stereocenters. The van der Waals surface area contributed by atoms with Crippen molar-refractivity contribution in [2.24, 2.45) is 5.84 Å². The van der Waals surface area contributed by atoms with Gasteiger partial charge in [0.25, 0.3) is 0 Å². The maximum Gasteiger partial charge on any atom is 0.241 e. The smallest absolute Gasteiger partial charge is 0.241 e. The molecular formula is C14H14N4O2S. The second-order valence-electron chi connectivity index (χ2n) is 4.14. The molecule has 0 spiro atoms. The van der Waals surface area contributed by atoms with E-state index >= 15 is 0 Å². The third kappa shape index (κ3) is 2.88. The molecule has 0 aliphatic heterocycles. The largest absolute Gasteiger partial charge is 0.494 e. The summed E-state index contributed by atoms with van der Waals surface area (Å²) in [5, 5.41) is 2.79. The van der Waals surface area contributed by atoms with Gasteiger partial charge in [0.2, 0.25) is 11.8 Å². The van der Waals surface area contributed by atoms with E-state index in [1.165, 1.54) is 11.3 Å². The van der Waals surface area contributed by atoms with Crippen LogP contribution in [0.2, 0.25) is 0 Å². The van der Waals surface area contributed by atoms with Gasteiger partial charge >= 0.3 is 0 Å². The van der Waals surface area contributed by atoms with Crippen LogP contribution in [0.5, 0.6) is 17.4 Å². The van der Waals surface area contributed by atoms with Crippen LogP contribution in [-0.4, -0.2) is 16.6 Å². The van der Waals surface area contributed by atoms with Crippen LogP contribution >= 0.6 is 11.3 Å². The summed E-state index contributed by atoms with van der Waals surface area (Å²) in [6.07, 6.45) is 0. The van der Waals surface area contributed by atoms with Crippen molar-refractivity contribution in [2.45, 2.75) is 6.92 Å². The number of hydrogen-bond donors (Lipinski definition) is 2. The zero-order chi connectivity index (χ0) is 14.7. The van der Waals surface area contributed by atoms with E-state index in [1.807, 2.05) is 42.6 Å². The normalized spacial score (nSPS) is 10.6. The predicted octanol–water partition coefficient (Wildman–Crippen LogP) is 3.17. The van der Waals surface area contributed by atoms with Crippen LogP contribution in [0.25, 0.3) is 10.2 Å². The maximum absolute atomic E-state index is 5.83. The average molecular weight is 302 g/mol. The summed E-state index contributed by atoms with van der Waals surface area (Å²) in [5.41, 5.74) is 2.45. The first-order chi connectivity index (χ1) is 10.3. The number of nitrogen functional groups attached to an aromatic ring is 1. The van der Waals surface area contributed by atoms with Crippen LogP contribution in [-0.2, 0) is 0 Å². The third-order valence-corrected chi connectivity index (χ3v) is 3.58. The van der Waals surface area contributed by atoms with Crippen molar-refractivity contribution in [2.75, 3.05) is 12.0 Å². The number of fused-ring (bicyclic) bond motifs is 1. The molecular weight excluding hydrogens is 288 g/mol. The minimum atomic E-state index is 0.325. The van der Waals surface area contributed by atoms with Crippen LogP contribution in [0.1, 0.15) is 6.92 Å². The molecule has 0 saturated heterocycles. The van der Waals surface area contributed by atoms with E-state index in [1.54, 1.807) is 0 Å². The molecule has 0 amide bonds. The second kappa shape index (κ2) is 5.94. The molecule has 3 aromatic rings. The Morgan fingerprint density at radius 1 is 1.14 bits per heavy atom. The molecule has 3 N–H and O–H groups in total. The summed E-state index contributed by atoms with van der Waals surface area (Å²) < 4.78 is 11.2. The standard InChI is InChI=1S/C14H14N4O2S/c1-2-19-9-3-5-10(6-4-9)20-12-11-7-8-21-13(11)17-14(16-12)18-15/h3-8H,2,15H2,1H3,(H,16,17,18). The number of thiophene rings is 1. The molecule has 0 fully saturated rings. The SMILES string of the molecule is CCOc1ccc(Oc2nc(NN)nc3sccc23)cc1. The second-order valence-corrected chi connectivity index (χ2v) is 5.04. The van der Waals surface area contributed by atoms with Gasteiger partial charge in [-0.2, -0.15) is 4.98 Å². The molecule has 0 aliphatic rings. The van der Waals surface area contributed by atoms with Gasteiger partial charge in [0, 0.05) is 0 Å². The van der Waals surface area contributed by atoms with Gasteiger partial charge in [-0.25, -0.2) is 10.8 Å². The number of aromatic nitrogens is 2. The number of nitrogens with zero attached hydrogens (tertiary/aromatic N) is 2. The minimum Gasteiger partial charge on any atom is -0.494 e. The van der Waals surface area contributed by atoms with Gasteiger partial charge in [0.1, 0.15) is 16.3 Å². The third-order valence-electron chi connectivity index (χ3n) is 2.77. The molecule has 2 aromatic heterocycles. The number of benzene rings is 1. The van der Waals surface area contributed by atoms with Crippen LogP contribution in [0.3, 0.4) is 0 Å². The number of nitrogens with two attached hydrogens (primary N) is 1. The first-order valence-corrected chi connectivity index (χ1v) is 7.30. The number of ether oxygens (including phenoxy) is 2. The average Bonchev–Trinajstić information content (AvgIpc) is 2.98. The highest BCUT2D eigenvalue weighted by Gasteiger charge is 2.10. The van der Waals surface area contributed by atoms with E-state index in [4.69, 9.17) is 15.3 Å². The van der Waals surface area contributed by atoms with Crippen molar-refractivity contribution in [3.63, 3.8) is 0 Å². The number of hydrazine groups is 1. The monoisotopic (exact) mass is 302 g/mol. The summed E-state index contributed by atoms with van der Waals surface area (Å²) in [6.45, 7) is 2.58. The molecule has 6 nitrogen and oxygen atoms in total. The lowest BCUT2D eigenvalue weighted by atomic mass is 10.3. The lowest BCUT2D eigenvalue weighted by Crippen LogP contribution is -2.10. The van der Waals surface area contributed by atoms with Gasteiger partial charge in [0.05, 0.1) is 12.0 Å². The van der Waals surface area contributed by atoms with Crippen molar-refractivity contribution in [1.29, 1.82) is 0 Å². The first kappa shape index (κ1) is 13.6. The fraction of sp³-hybridized carbons (Fsp3) is 0.143. The topological polar surface area (TPSA) is 82.3 Å². The molecule has 0 saturated carbocycles. The number of hydrogen-bond acceptors (Lipinski definition) is 7. The van der Waals surface area contributed by atoms with Gasteiger partial charge in [0.15, 0.2) is 0 Å². The predicted molar refractivity (Wildman–Crippen MR) is 82.9 cm³/mol. The van der Waals surface area contributed by atoms with Crippen LogP contribution in [0.15, 0.2) is 35.7 Å². The molecule has 3 rings (SSSR count). The van der Waals surface area contributed by atoms with E-state index in [0.717, 1.165) is 16.0 Å². The Morgan fingerprint density at radius 3 is 2.62 bits per heavy atom. The molecule has 21 heavy (non-hydrogen) atoms. The highest BCUT2D eigenvalue weighted by atomic mass is 32.1. The molecule has 0 atom stereocenters. The Balaban J connectivity index is 1.91. The Morgan fingerprint density at radius 2 is 1.90 bits per heavy atom. The van der Waals surface area contributed by atoms with Crippen molar-refractivity contribution in [1.82, 2.24) is 9.97 Å². The van der Waals surface area contributed by atoms with Crippen LogP contribution in [0, 0.1) is 0 Å². The summed E-state index contributed by atoms with van der Waals surface area (Å²) in [4.78, 5) is 9.34. The summed E-state index contributed by atoms with van der Waals surface area (Å²) in [6, 6.07) is 9.30. The molecule has 7 heteroatoms. The highest BCUT2D eigenvalue weighted by molar-refractivity contribution is 7.16. The molecule has 1 aromatic carbocycles. The Bertz CT molecular complexity index is 742. The van der Waals surface area contributed by atoms with E-state index in [-0.39, 0.29) is 0 Å². The van der Waals surface area contributed by atoms with E-state index in [2.05, 4.69) is 15.4 Å². The van der Waals surface area contributed by atoms with Gasteiger partial charge in [-0.15, -0.1) is 11.3 Å². The Labute approximate surface area is 125 Å². The molecule has 0 radical (unpaired) electrons. The lowest BCUT2D eigenvalue weighted by Gasteiger charge is -2.08. The minimum absolute atomic E-state index is 0.325. The summed E-state index contributed by atoms with van der Waals surface area (Å²) in [5.74, 6) is 7.66. The van der Waals surface area contributed by atoms with E-state index in [9.17, 15) is 0 Å². The number of nitrogens with one attached hydrogen (secondary N) is 1. The van der Waals surface area contributed by atoms with E-state index < -0.39 is 0 Å². The highest BCUT2D eigenvalue weighted by Crippen LogP contribution is 2.31. The van der Waals surface area contributed by atoms with Crippen LogP contribution in [0.4, 0.5) is 5.95 Å². The molecule has 0 aliphatic carbocycles. The Hall–Kier alpha value is -2.38. The van der Waals surface area contributed by atoms with Gasteiger partial charge in [-0.05, 0) is 42.6 Å². The van der Waals surface area contributed by atoms with Gasteiger partial charge in [-0.1, -0.05) is 0 Å². The Kier molecular flexibility index (Phi) is 3.85. The maximum atomic E-state index is 5.83. The first-order valence-electron chi connectivity index (χ1n) is 6.42. The number of anilines is 1. The zero-order valence-electron chi connectivity index (χ0n) is 11.4. The molecule has 2 heterocycles. The fourth-order valence-corrected chi connectivity index (χ4v) is 2.61. The van der Waals surface area contributed by atoms with Crippen molar-refractivity contribution in [3.05, 3.63) is 35.7 Å². The quantitative estimate of drug-likeness (QED) is 0.556. The van der Waals surface area contributed by atoms with Crippen LogP contribution < -0.4 is 20.7 Å². The van der Waals surface area contributed by atoms with Gasteiger partial charge < -0.3 is 9.47 Å². The summed E-state index contributed by atoms with van der Waals surface area (Å²) >= 11 is 1.50. The van der Waals surface area contributed by atoms with Gasteiger partial charge in [-0.3, -0.25) is 5.43 Å². The van der Waals surface area contributed by atoms with E-state index in [0.29, 0.717) is 24.2 Å². The summed E-state index contributed by atoms with van der Waals surface area (Å²) in [7, 11) is 0. The molecule has 108 valence electrons. The number of rotatable bonds is 5. The van der Waals surface area contributed by atoms with Crippen molar-refractivity contribution >= 4 is 27.5 Å². The fourth-order valence-electron chi connectivity index (χ4n) is 1.85. The molecule has 0 bridgehead atoms.